The molecule has 1 aromatic heterocycles. The lowest BCUT2D eigenvalue weighted by molar-refractivity contribution is 0.190. The van der Waals surface area contributed by atoms with E-state index in [0.717, 1.165) is 0 Å². The molecule has 0 aliphatic carbocycles. The number of phenols is 1. The molecule has 0 radical (unpaired) electrons. The van der Waals surface area contributed by atoms with Crippen molar-refractivity contribution < 1.29 is 19.4 Å². The van der Waals surface area contributed by atoms with Gasteiger partial charge in [-0.1, -0.05) is 0 Å². The lowest BCUT2D eigenvalue weighted by Crippen LogP contribution is -2.13. The summed E-state index contributed by atoms with van der Waals surface area (Å²) in [6.45, 7) is 0.292. The highest BCUT2D eigenvalue weighted by Gasteiger charge is 2.14. The van der Waals surface area contributed by atoms with Crippen LogP contribution in [0.4, 0.5) is 0 Å². The van der Waals surface area contributed by atoms with E-state index < -0.39 is 0 Å². The van der Waals surface area contributed by atoms with Crippen molar-refractivity contribution in [3.8, 4) is 11.5 Å². The Kier molecular flexibility index (Phi) is 3.67. The fourth-order valence-electron chi connectivity index (χ4n) is 1.49. The van der Waals surface area contributed by atoms with Gasteiger partial charge in [-0.3, -0.25) is 0 Å². The Morgan fingerprint density at radius 3 is 2.53 bits per heavy atom. The molecule has 0 fully saturated rings. The third-order valence-electron chi connectivity index (χ3n) is 2.45. The average molecular weight is 234 g/mol. The van der Waals surface area contributed by atoms with E-state index in [1.807, 2.05) is 0 Å². The molecule has 1 atom stereocenters. The Balaban J connectivity index is 1.94. The van der Waals surface area contributed by atoms with Crippen molar-refractivity contribution in [1.29, 1.82) is 0 Å². The van der Waals surface area contributed by atoms with Crippen LogP contribution in [-0.2, 0) is 0 Å². The monoisotopic (exact) mass is 234 g/mol. The minimum Gasteiger partial charge on any atom is -0.508 e. The molecule has 90 valence electrons. The Morgan fingerprint density at radius 1 is 1.18 bits per heavy atom. The van der Waals surface area contributed by atoms with Crippen molar-refractivity contribution in [2.24, 2.45) is 0 Å². The highest BCUT2D eigenvalue weighted by molar-refractivity contribution is 5.30. The highest BCUT2D eigenvalue weighted by Crippen LogP contribution is 2.20. The van der Waals surface area contributed by atoms with Gasteiger partial charge in [-0.2, -0.15) is 0 Å². The molecule has 0 amide bonds. The summed E-state index contributed by atoms with van der Waals surface area (Å²) in [5.74, 6) is 1.36. The first-order chi connectivity index (χ1) is 8.29. The molecule has 4 nitrogen and oxygen atoms in total. The second-order valence-corrected chi connectivity index (χ2v) is 3.70. The van der Waals surface area contributed by atoms with E-state index in [2.05, 4.69) is 0 Å². The average Bonchev–Trinajstić information content (AvgIpc) is 2.86. The summed E-state index contributed by atoms with van der Waals surface area (Å²) in [5.41, 5.74) is 0. The largest absolute Gasteiger partial charge is 0.508 e. The number of aliphatic hydroxyl groups is 1. The van der Waals surface area contributed by atoms with Gasteiger partial charge in [0.25, 0.3) is 0 Å². The summed E-state index contributed by atoms with van der Waals surface area (Å²) in [4.78, 5) is 0. The van der Waals surface area contributed by atoms with Crippen LogP contribution in [0.3, 0.4) is 0 Å². The van der Waals surface area contributed by atoms with Crippen LogP contribution in [0.25, 0.3) is 0 Å². The molecule has 0 saturated heterocycles. The highest BCUT2D eigenvalue weighted by atomic mass is 16.5. The van der Waals surface area contributed by atoms with Crippen molar-refractivity contribution in [1.82, 2.24) is 0 Å². The van der Waals surface area contributed by atoms with Crippen LogP contribution < -0.4 is 4.74 Å². The number of rotatable bonds is 5. The summed E-state index contributed by atoms with van der Waals surface area (Å²) in [6.07, 6.45) is 1.57. The van der Waals surface area contributed by atoms with Gasteiger partial charge in [-0.15, -0.1) is 0 Å². The van der Waals surface area contributed by atoms with Crippen molar-refractivity contribution in [2.75, 3.05) is 13.2 Å². The molecular formula is C13H14O4. The molecule has 17 heavy (non-hydrogen) atoms. The maximum absolute atomic E-state index is 9.24. The van der Waals surface area contributed by atoms with E-state index in [9.17, 15) is 5.11 Å². The maximum atomic E-state index is 9.24. The Morgan fingerprint density at radius 2 is 1.94 bits per heavy atom. The van der Waals surface area contributed by atoms with Crippen LogP contribution in [0, 0.1) is 0 Å². The van der Waals surface area contributed by atoms with E-state index in [1.54, 1.807) is 42.7 Å². The van der Waals surface area contributed by atoms with Crippen LogP contribution in [0.5, 0.6) is 11.5 Å². The molecule has 4 heteroatoms. The van der Waals surface area contributed by atoms with Crippen molar-refractivity contribution in [3.05, 3.63) is 48.4 Å². The fraction of sp³-hybridized carbons (Fsp3) is 0.231. The van der Waals surface area contributed by atoms with Gasteiger partial charge in [0.05, 0.1) is 18.8 Å². The molecular weight excluding hydrogens is 220 g/mol. The van der Waals surface area contributed by atoms with Gasteiger partial charge in [0, 0.05) is 0 Å². The normalized spacial score (nSPS) is 12.3. The van der Waals surface area contributed by atoms with Gasteiger partial charge in [0.15, 0.2) is 0 Å². The minimum absolute atomic E-state index is 0.0361. The molecule has 0 aliphatic rings. The second-order valence-electron chi connectivity index (χ2n) is 3.70. The summed E-state index contributed by atoms with van der Waals surface area (Å²) in [7, 11) is 0. The van der Waals surface area contributed by atoms with Crippen LogP contribution in [0.1, 0.15) is 11.7 Å². The number of furan rings is 1. The van der Waals surface area contributed by atoms with E-state index >= 15 is 0 Å². The smallest absolute Gasteiger partial charge is 0.119 e. The zero-order chi connectivity index (χ0) is 12.1. The van der Waals surface area contributed by atoms with Crippen LogP contribution in [0.2, 0.25) is 0 Å². The summed E-state index contributed by atoms with van der Waals surface area (Å²) >= 11 is 0. The number of ether oxygens (including phenoxy) is 1. The number of aliphatic hydroxyl groups excluding tert-OH is 1. The van der Waals surface area contributed by atoms with Gasteiger partial charge in [0.2, 0.25) is 0 Å². The Labute approximate surface area is 99.1 Å². The third-order valence-corrected chi connectivity index (χ3v) is 2.45. The summed E-state index contributed by atoms with van der Waals surface area (Å²) < 4.78 is 10.7. The van der Waals surface area contributed by atoms with Gasteiger partial charge >= 0.3 is 0 Å². The van der Waals surface area contributed by atoms with E-state index in [4.69, 9.17) is 14.3 Å². The third kappa shape index (κ3) is 3.01. The predicted octanol–water partition coefficient (Wildman–Crippen LogP) is 2.14. The van der Waals surface area contributed by atoms with Crippen molar-refractivity contribution >= 4 is 0 Å². The Bertz CT molecular complexity index is 433. The predicted molar refractivity (Wildman–Crippen MR) is 62.1 cm³/mol. The second kappa shape index (κ2) is 5.41. The van der Waals surface area contributed by atoms with E-state index in [1.165, 1.54) is 0 Å². The van der Waals surface area contributed by atoms with Crippen molar-refractivity contribution in [3.63, 3.8) is 0 Å². The molecule has 0 aliphatic heterocycles. The number of hydrogen-bond donors (Lipinski definition) is 2. The molecule has 0 spiro atoms. The molecule has 2 rings (SSSR count). The van der Waals surface area contributed by atoms with E-state index in [-0.39, 0.29) is 18.3 Å². The van der Waals surface area contributed by atoms with E-state index in [0.29, 0.717) is 18.1 Å². The summed E-state index contributed by atoms with van der Waals surface area (Å²) in [5, 5.41) is 18.4. The molecule has 1 aromatic carbocycles. The number of benzene rings is 1. The van der Waals surface area contributed by atoms with Crippen LogP contribution in [0.15, 0.2) is 47.1 Å². The zero-order valence-electron chi connectivity index (χ0n) is 9.24. The molecule has 2 N–H and O–H groups in total. The number of phenolic OH excluding ortho intramolecular Hbond substituents is 1. The van der Waals surface area contributed by atoms with Gasteiger partial charge < -0.3 is 19.4 Å². The SMILES string of the molecule is OCC(COc1ccc(O)cc1)c1ccco1. The first-order valence-electron chi connectivity index (χ1n) is 5.35. The van der Waals surface area contributed by atoms with Crippen molar-refractivity contribution in [2.45, 2.75) is 5.92 Å². The summed E-state index contributed by atoms with van der Waals surface area (Å²) in [6, 6.07) is 10.0. The topological polar surface area (TPSA) is 62.8 Å². The molecule has 1 heterocycles. The Hall–Kier alpha value is -1.94. The van der Waals surface area contributed by atoms with Gasteiger partial charge in [-0.05, 0) is 36.4 Å². The van der Waals surface area contributed by atoms with Crippen LogP contribution in [-0.4, -0.2) is 23.4 Å². The first kappa shape index (κ1) is 11.5. The lowest BCUT2D eigenvalue weighted by Gasteiger charge is -2.13. The fourth-order valence-corrected chi connectivity index (χ4v) is 1.49. The van der Waals surface area contributed by atoms with Gasteiger partial charge in [0.1, 0.15) is 23.9 Å². The zero-order valence-corrected chi connectivity index (χ0v) is 9.24. The van der Waals surface area contributed by atoms with Crippen LogP contribution >= 0.6 is 0 Å². The number of hydrogen-bond acceptors (Lipinski definition) is 4. The minimum atomic E-state index is -0.182. The maximum Gasteiger partial charge on any atom is 0.119 e. The molecule has 2 aromatic rings. The molecule has 1 unspecified atom stereocenters. The molecule has 0 saturated carbocycles. The number of aromatic hydroxyl groups is 1. The quantitative estimate of drug-likeness (QED) is 0.832. The standard InChI is InChI=1S/C13H14O4/c14-8-10(13-2-1-7-16-13)9-17-12-5-3-11(15)4-6-12/h1-7,10,14-15H,8-9H2. The molecule has 0 bridgehead atoms. The lowest BCUT2D eigenvalue weighted by atomic mass is 10.1. The van der Waals surface area contributed by atoms with Gasteiger partial charge in [-0.25, -0.2) is 0 Å². The first-order valence-corrected chi connectivity index (χ1v) is 5.35.